The van der Waals surface area contributed by atoms with Crippen molar-refractivity contribution in [1.82, 2.24) is 9.13 Å². The quantitative estimate of drug-likeness (QED) is 0.166. The third-order valence-corrected chi connectivity index (χ3v) is 14.9. The zero-order chi connectivity index (χ0) is 40.2. The van der Waals surface area contributed by atoms with Crippen LogP contribution in [-0.4, -0.2) is 15.8 Å². The topological polar surface area (TPSA) is 26.2 Å². The Hall–Kier alpha value is -7.80. The van der Waals surface area contributed by atoms with E-state index in [0.717, 1.165) is 44.4 Å². The summed E-state index contributed by atoms with van der Waals surface area (Å²) in [6.45, 7) is 0.0599. The number of nitrogens with zero attached hydrogens (tertiary/aromatic N) is 3. The van der Waals surface area contributed by atoms with Crippen LogP contribution in [0.25, 0.3) is 98.1 Å². The van der Waals surface area contributed by atoms with Crippen molar-refractivity contribution in [3.05, 3.63) is 194 Å². The van der Waals surface area contributed by atoms with Crippen molar-refractivity contribution in [1.29, 1.82) is 0 Å². The molecule has 9 aromatic carbocycles. The van der Waals surface area contributed by atoms with E-state index in [-0.39, 0.29) is 6.71 Å². The van der Waals surface area contributed by atoms with E-state index in [2.05, 4.69) is 208 Å². The number of rotatable bonds is 3. The molecule has 286 valence electrons. The van der Waals surface area contributed by atoms with Crippen molar-refractivity contribution in [2.45, 2.75) is 0 Å². The Balaban J connectivity index is 1.05. The predicted octanol–water partition coefficient (Wildman–Crippen LogP) is 13.3. The highest BCUT2D eigenvalue weighted by molar-refractivity contribution is 7.33. The first-order chi connectivity index (χ1) is 30.8. The van der Waals surface area contributed by atoms with Crippen LogP contribution in [-0.2, 0) is 0 Å². The minimum absolute atomic E-state index is 0.0599. The Morgan fingerprint density at radius 2 is 1.10 bits per heavy atom. The number of fused-ring (bicyclic) bond motifs is 15. The number of benzene rings is 9. The number of furan rings is 1. The minimum Gasteiger partial charge on any atom is -0.455 e. The highest BCUT2D eigenvalue weighted by atomic mass is 32.1. The molecule has 0 atom stereocenters. The molecule has 0 bridgehead atoms. The fraction of sp³-hybridized carbons (Fsp3) is 0. The molecule has 15 rings (SSSR count). The number of hydrogen-bond acceptors (Lipinski definition) is 3. The van der Waals surface area contributed by atoms with Gasteiger partial charge >= 0.3 is 0 Å². The molecule has 0 saturated carbocycles. The summed E-state index contributed by atoms with van der Waals surface area (Å²) in [6, 6.07) is 71.4. The summed E-state index contributed by atoms with van der Waals surface area (Å²) in [4.78, 5) is 2.57. The van der Waals surface area contributed by atoms with Crippen LogP contribution in [0.3, 0.4) is 0 Å². The average molecular weight is 806 g/mol. The van der Waals surface area contributed by atoms with E-state index in [0.29, 0.717) is 0 Å². The Morgan fingerprint density at radius 1 is 0.435 bits per heavy atom. The second-order valence-corrected chi connectivity index (χ2v) is 17.8. The highest BCUT2D eigenvalue weighted by Gasteiger charge is 2.44. The Morgan fingerprint density at radius 3 is 2.03 bits per heavy atom. The van der Waals surface area contributed by atoms with Crippen molar-refractivity contribution < 1.29 is 4.42 Å². The maximum absolute atomic E-state index is 6.71. The van der Waals surface area contributed by atoms with E-state index >= 15 is 0 Å². The van der Waals surface area contributed by atoms with Crippen LogP contribution in [0.1, 0.15) is 0 Å². The molecule has 13 aromatic rings. The molecular formula is C56H32BN3OS. The number of hydrogen-bond donors (Lipinski definition) is 0. The van der Waals surface area contributed by atoms with Gasteiger partial charge in [0.2, 0.25) is 0 Å². The van der Waals surface area contributed by atoms with Gasteiger partial charge in [-0.1, -0.05) is 133 Å². The lowest BCUT2D eigenvalue weighted by molar-refractivity contribution is 0.670. The first kappa shape index (κ1) is 33.0. The molecule has 0 amide bonds. The van der Waals surface area contributed by atoms with E-state index < -0.39 is 0 Å². The standard InChI is InChI=1S/C56H32BN3OS/c1-2-15-33(16-3-1)58-44-25-8-5-18-35(44)41-31-42-37-21-13-24-43-53(37)60(49(42)32-48(41)58)47-28-14-27-46-52(47)57(43)56-54(40-20-7-11-30-51(40)62-56)59(46)45-26-9-4-17-34(45)38-22-12-23-39-36-19-6-10-29-50(36)61-55(38)39/h1-32H. The van der Waals surface area contributed by atoms with Gasteiger partial charge in [0.15, 0.2) is 0 Å². The molecule has 0 fully saturated rings. The molecular weight excluding hydrogens is 774 g/mol. The molecule has 2 aliphatic heterocycles. The second kappa shape index (κ2) is 11.9. The minimum atomic E-state index is 0.0599. The van der Waals surface area contributed by atoms with Crippen molar-refractivity contribution in [2.75, 3.05) is 4.90 Å². The molecule has 0 aliphatic carbocycles. The third-order valence-electron chi connectivity index (χ3n) is 13.7. The lowest BCUT2D eigenvalue weighted by atomic mass is 9.36. The molecule has 0 saturated heterocycles. The monoisotopic (exact) mass is 805 g/mol. The van der Waals surface area contributed by atoms with Gasteiger partial charge < -0.3 is 18.5 Å². The van der Waals surface area contributed by atoms with Crippen molar-refractivity contribution in [3.63, 3.8) is 0 Å². The smallest absolute Gasteiger partial charge is 0.264 e. The lowest BCUT2D eigenvalue weighted by Crippen LogP contribution is -2.59. The van der Waals surface area contributed by atoms with Crippen molar-refractivity contribution >= 4 is 126 Å². The SMILES string of the molecule is c1ccc(-n2c3ccccc3c3cc4c5cccc6c5n(c4cc32)-c2cccc3c2B6c2sc4ccccc4c2N3c2ccccc2-c2cccc3c2oc2ccccc23)cc1. The summed E-state index contributed by atoms with van der Waals surface area (Å²) in [6.07, 6.45) is 0. The summed E-state index contributed by atoms with van der Waals surface area (Å²) in [5, 5.41) is 8.64. The highest BCUT2D eigenvalue weighted by Crippen LogP contribution is 2.50. The van der Waals surface area contributed by atoms with Gasteiger partial charge in [0.1, 0.15) is 11.2 Å². The van der Waals surface area contributed by atoms with Gasteiger partial charge in [0.25, 0.3) is 6.71 Å². The summed E-state index contributed by atoms with van der Waals surface area (Å²) in [5.74, 6) is 0. The van der Waals surface area contributed by atoms with E-state index in [4.69, 9.17) is 4.42 Å². The van der Waals surface area contributed by atoms with Gasteiger partial charge in [-0.2, -0.15) is 0 Å². The maximum Gasteiger partial charge on any atom is 0.264 e. The Bertz CT molecular complexity index is 4080. The Labute approximate surface area is 359 Å². The number of aromatic nitrogens is 2. The zero-order valence-corrected chi connectivity index (χ0v) is 34.0. The van der Waals surface area contributed by atoms with E-state index in [1.54, 1.807) is 0 Å². The van der Waals surface area contributed by atoms with Crippen LogP contribution < -0.4 is 20.6 Å². The molecule has 6 heteroatoms. The van der Waals surface area contributed by atoms with Crippen LogP contribution in [0.15, 0.2) is 199 Å². The molecule has 62 heavy (non-hydrogen) atoms. The fourth-order valence-corrected chi connectivity index (χ4v) is 12.6. The first-order valence-corrected chi connectivity index (χ1v) is 22.1. The van der Waals surface area contributed by atoms with Gasteiger partial charge in [0.05, 0.1) is 27.9 Å². The van der Waals surface area contributed by atoms with Crippen LogP contribution in [0, 0.1) is 0 Å². The largest absolute Gasteiger partial charge is 0.455 e. The third kappa shape index (κ3) is 4.12. The van der Waals surface area contributed by atoms with Crippen molar-refractivity contribution in [2.24, 2.45) is 0 Å². The summed E-state index contributed by atoms with van der Waals surface area (Å²) in [7, 11) is 0. The molecule has 4 nitrogen and oxygen atoms in total. The van der Waals surface area contributed by atoms with E-state index in [1.165, 1.54) is 86.5 Å². The summed E-state index contributed by atoms with van der Waals surface area (Å²) < 4.78 is 14.4. The van der Waals surface area contributed by atoms with Gasteiger partial charge in [-0.15, -0.1) is 11.3 Å². The van der Waals surface area contributed by atoms with E-state index in [1.807, 2.05) is 11.3 Å². The van der Waals surface area contributed by atoms with Gasteiger partial charge in [-0.25, -0.2) is 0 Å². The average Bonchev–Trinajstić information content (AvgIpc) is 4.08. The zero-order valence-electron chi connectivity index (χ0n) is 33.2. The summed E-state index contributed by atoms with van der Waals surface area (Å²) in [5.41, 5.74) is 17.7. The first-order valence-electron chi connectivity index (χ1n) is 21.3. The molecule has 2 aliphatic rings. The molecule has 4 aromatic heterocycles. The van der Waals surface area contributed by atoms with Gasteiger partial charge in [0, 0.05) is 80.9 Å². The fourth-order valence-electron chi connectivity index (χ4n) is 11.3. The number of thiophene rings is 1. The van der Waals surface area contributed by atoms with Crippen LogP contribution >= 0.6 is 11.3 Å². The summed E-state index contributed by atoms with van der Waals surface area (Å²) >= 11 is 1.94. The molecule has 0 spiro atoms. The van der Waals surface area contributed by atoms with Crippen LogP contribution in [0.5, 0.6) is 0 Å². The van der Waals surface area contributed by atoms with Gasteiger partial charge in [-0.05, 0) is 71.6 Å². The van der Waals surface area contributed by atoms with Crippen molar-refractivity contribution in [3.8, 4) is 22.5 Å². The molecule has 0 unspecified atom stereocenters. The predicted molar refractivity (Wildman–Crippen MR) is 263 cm³/mol. The van der Waals surface area contributed by atoms with Crippen LogP contribution in [0.4, 0.5) is 17.1 Å². The molecule has 0 N–H and O–H groups in total. The van der Waals surface area contributed by atoms with E-state index in [9.17, 15) is 0 Å². The Kier molecular flexibility index (Phi) is 6.35. The number of anilines is 3. The maximum atomic E-state index is 6.71. The van der Waals surface area contributed by atoms with Gasteiger partial charge in [-0.3, -0.25) is 0 Å². The molecule has 6 heterocycles. The normalized spacial score (nSPS) is 13.1. The molecule has 0 radical (unpaired) electrons. The second-order valence-electron chi connectivity index (χ2n) is 16.7. The van der Waals surface area contributed by atoms with Crippen LogP contribution in [0.2, 0.25) is 0 Å². The lowest BCUT2D eigenvalue weighted by Gasteiger charge is -2.39. The number of para-hydroxylation sites is 6.